The Morgan fingerprint density at radius 3 is 2.53 bits per heavy atom. The number of hydrogen-bond donors (Lipinski definition) is 1. The Morgan fingerprint density at radius 1 is 1.12 bits per heavy atom. The van der Waals surface area contributed by atoms with Crippen LogP contribution < -0.4 is 5.73 Å². The molecule has 6 nitrogen and oxygen atoms in total. The maximum atomic E-state index is 13.9. The highest BCUT2D eigenvalue weighted by molar-refractivity contribution is 5.72. The molecule has 0 fully saturated rings. The van der Waals surface area contributed by atoms with Crippen molar-refractivity contribution in [2.75, 3.05) is 13.1 Å². The highest BCUT2D eigenvalue weighted by Gasteiger charge is 2.40. The number of nitrogens with zero attached hydrogens (tertiary/aromatic N) is 3. The summed E-state index contributed by atoms with van der Waals surface area (Å²) in [7, 11) is 0. The van der Waals surface area contributed by atoms with Crippen LogP contribution in [0, 0.1) is 17.5 Å². The van der Waals surface area contributed by atoms with Gasteiger partial charge in [-0.25, -0.2) is 18.2 Å². The number of aldehydes is 1. The van der Waals surface area contributed by atoms with Crippen molar-refractivity contribution in [1.82, 2.24) is 14.5 Å². The zero-order valence-electron chi connectivity index (χ0n) is 17.7. The number of nitrogens with two attached hydrogens (primary N) is 1. The molecular formula is C22H20F6N4O2. The standard InChI is InChI=1S/C22H20F6N4O2/c23-15-9-17(25)16(24)8-12(15)7-13(29)3-4-31-5-6-32-18(10-31)20(30-21(32)22(26,27)28)19-2-1-14(11-33)34-19/h1-2,8-9,11,13H,3-7,10,29H2. The minimum Gasteiger partial charge on any atom is -0.452 e. The van der Waals surface area contributed by atoms with E-state index in [1.165, 1.54) is 12.1 Å². The SMILES string of the molecule is NC(CCN1CCn2c(C(F)(F)F)nc(-c3ccc(C=O)o3)c2C1)Cc1cc(F)c(F)cc1F. The van der Waals surface area contributed by atoms with Crippen LogP contribution in [0.2, 0.25) is 0 Å². The molecule has 1 unspecified atom stereocenters. The number of fused-ring (bicyclic) bond motifs is 1. The van der Waals surface area contributed by atoms with E-state index in [9.17, 15) is 31.1 Å². The topological polar surface area (TPSA) is 77.3 Å². The van der Waals surface area contributed by atoms with E-state index in [4.69, 9.17) is 10.2 Å². The summed E-state index contributed by atoms with van der Waals surface area (Å²) < 4.78 is 87.4. The maximum Gasteiger partial charge on any atom is 0.449 e. The van der Waals surface area contributed by atoms with Gasteiger partial charge in [-0.05, 0) is 36.6 Å². The minimum atomic E-state index is -4.67. The third-order valence-corrected chi connectivity index (χ3v) is 5.70. The molecule has 34 heavy (non-hydrogen) atoms. The van der Waals surface area contributed by atoms with E-state index in [0.29, 0.717) is 25.3 Å². The lowest BCUT2D eigenvalue weighted by atomic mass is 10.0. The molecule has 0 amide bonds. The average molecular weight is 486 g/mol. The van der Waals surface area contributed by atoms with Crippen molar-refractivity contribution in [3.63, 3.8) is 0 Å². The summed E-state index contributed by atoms with van der Waals surface area (Å²) in [6.07, 6.45) is -3.92. The van der Waals surface area contributed by atoms with Gasteiger partial charge in [0.25, 0.3) is 0 Å². The average Bonchev–Trinajstić information content (AvgIpc) is 3.40. The molecule has 0 bridgehead atoms. The third-order valence-electron chi connectivity index (χ3n) is 5.70. The summed E-state index contributed by atoms with van der Waals surface area (Å²) >= 11 is 0. The van der Waals surface area contributed by atoms with Crippen LogP contribution >= 0.6 is 0 Å². The molecule has 1 aliphatic rings. The van der Waals surface area contributed by atoms with Crippen LogP contribution in [-0.4, -0.2) is 39.9 Å². The first-order chi connectivity index (χ1) is 16.1. The molecule has 1 aromatic carbocycles. The van der Waals surface area contributed by atoms with Crippen molar-refractivity contribution >= 4 is 6.29 Å². The molecule has 0 spiro atoms. The molecule has 1 aliphatic heterocycles. The lowest BCUT2D eigenvalue weighted by Gasteiger charge is -2.30. The summed E-state index contributed by atoms with van der Waals surface area (Å²) in [5, 5.41) is 0. The lowest BCUT2D eigenvalue weighted by molar-refractivity contribution is -0.147. The molecule has 2 N–H and O–H groups in total. The quantitative estimate of drug-likeness (QED) is 0.308. The van der Waals surface area contributed by atoms with Crippen LogP contribution in [0.15, 0.2) is 28.7 Å². The minimum absolute atomic E-state index is 0.00159. The van der Waals surface area contributed by atoms with Gasteiger partial charge in [0.05, 0.1) is 5.69 Å². The molecule has 12 heteroatoms. The largest absolute Gasteiger partial charge is 0.452 e. The number of halogens is 6. The van der Waals surface area contributed by atoms with Gasteiger partial charge in [-0.2, -0.15) is 13.2 Å². The van der Waals surface area contributed by atoms with Gasteiger partial charge in [0.2, 0.25) is 5.82 Å². The van der Waals surface area contributed by atoms with Crippen LogP contribution in [0.1, 0.15) is 34.1 Å². The molecule has 0 radical (unpaired) electrons. The normalized spacial score (nSPS) is 15.4. The Morgan fingerprint density at radius 2 is 1.85 bits per heavy atom. The Balaban J connectivity index is 1.49. The second kappa shape index (κ2) is 9.26. The Bertz CT molecular complexity index is 1200. The molecule has 4 rings (SSSR count). The van der Waals surface area contributed by atoms with E-state index in [1.807, 2.05) is 4.90 Å². The molecule has 2 aromatic heterocycles. The first kappa shape index (κ1) is 24.0. The molecule has 1 atom stereocenters. The highest BCUT2D eigenvalue weighted by Crippen LogP contribution is 2.36. The number of benzene rings is 1. The second-order valence-electron chi connectivity index (χ2n) is 8.09. The molecule has 0 saturated carbocycles. The van der Waals surface area contributed by atoms with E-state index in [2.05, 4.69) is 4.98 Å². The van der Waals surface area contributed by atoms with Crippen molar-refractivity contribution in [2.45, 2.75) is 38.1 Å². The van der Waals surface area contributed by atoms with Gasteiger partial charge >= 0.3 is 6.18 Å². The van der Waals surface area contributed by atoms with Gasteiger partial charge in [0.15, 0.2) is 29.4 Å². The van der Waals surface area contributed by atoms with E-state index in [0.717, 1.165) is 10.6 Å². The number of imidazole rings is 1. The summed E-state index contributed by atoms with van der Waals surface area (Å²) in [6.45, 7) is 0.791. The monoisotopic (exact) mass is 486 g/mol. The third kappa shape index (κ3) is 4.87. The fraction of sp³-hybridized carbons (Fsp3) is 0.364. The van der Waals surface area contributed by atoms with Gasteiger partial charge < -0.3 is 14.7 Å². The summed E-state index contributed by atoms with van der Waals surface area (Å²) in [5.74, 6) is -4.38. The second-order valence-corrected chi connectivity index (χ2v) is 8.09. The number of aromatic nitrogens is 2. The van der Waals surface area contributed by atoms with Gasteiger partial charge in [0.1, 0.15) is 11.5 Å². The van der Waals surface area contributed by atoms with Crippen LogP contribution in [0.25, 0.3) is 11.5 Å². The predicted molar refractivity (Wildman–Crippen MR) is 108 cm³/mol. The number of alkyl halides is 3. The number of carbonyl (C=O) groups excluding carboxylic acids is 1. The van der Waals surface area contributed by atoms with E-state index in [1.54, 1.807) is 0 Å². The Hall–Kier alpha value is -3.12. The van der Waals surface area contributed by atoms with Crippen molar-refractivity contribution in [1.29, 1.82) is 0 Å². The number of carbonyl (C=O) groups is 1. The van der Waals surface area contributed by atoms with Crippen LogP contribution in [0.4, 0.5) is 26.3 Å². The molecular weight excluding hydrogens is 466 g/mol. The zero-order chi connectivity index (χ0) is 24.6. The van der Waals surface area contributed by atoms with Crippen molar-refractivity contribution in [3.8, 4) is 11.5 Å². The fourth-order valence-corrected chi connectivity index (χ4v) is 4.02. The zero-order valence-corrected chi connectivity index (χ0v) is 17.7. The highest BCUT2D eigenvalue weighted by atomic mass is 19.4. The number of rotatable bonds is 7. The van der Waals surface area contributed by atoms with Crippen LogP contribution in [0.5, 0.6) is 0 Å². The van der Waals surface area contributed by atoms with Crippen LogP contribution in [0.3, 0.4) is 0 Å². The van der Waals surface area contributed by atoms with Gasteiger partial charge in [-0.1, -0.05) is 0 Å². The predicted octanol–water partition coefficient (Wildman–Crippen LogP) is 4.17. The fourth-order valence-electron chi connectivity index (χ4n) is 4.02. The molecule has 0 saturated heterocycles. The first-order valence-corrected chi connectivity index (χ1v) is 10.4. The molecule has 0 aliphatic carbocycles. The van der Waals surface area contributed by atoms with E-state index < -0.39 is 35.5 Å². The number of furan rings is 1. The van der Waals surface area contributed by atoms with Gasteiger partial charge in [-0.15, -0.1) is 0 Å². The maximum absolute atomic E-state index is 13.9. The number of hydrogen-bond acceptors (Lipinski definition) is 5. The Labute approximate surface area is 190 Å². The van der Waals surface area contributed by atoms with Crippen molar-refractivity contribution in [3.05, 3.63) is 64.6 Å². The first-order valence-electron chi connectivity index (χ1n) is 10.4. The molecule has 3 aromatic rings. The van der Waals surface area contributed by atoms with E-state index >= 15 is 0 Å². The van der Waals surface area contributed by atoms with E-state index in [-0.39, 0.29) is 54.5 Å². The lowest BCUT2D eigenvalue weighted by Crippen LogP contribution is -2.38. The van der Waals surface area contributed by atoms with Crippen LogP contribution in [-0.2, 0) is 25.7 Å². The van der Waals surface area contributed by atoms with Gasteiger partial charge in [-0.3, -0.25) is 9.69 Å². The van der Waals surface area contributed by atoms with Crippen molar-refractivity contribution in [2.24, 2.45) is 5.73 Å². The molecule has 182 valence electrons. The van der Waals surface area contributed by atoms with Crippen molar-refractivity contribution < 1.29 is 35.6 Å². The summed E-state index contributed by atoms with van der Waals surface area (Å²) in [4.78, 5) is 16.5. The van der Waals surface area contributed by atoms with Gasteiger partial charge in [0, 0.05) is 38.3 Å². The molecule has 3 heterocycles. The summed E-state index contributed by atoms with van der Waals surface area (Å²) in [6, 6.07) is 3.38. The summed E-state index contributed by atoms with van der Waals surface area (Å²) in [5.41, 5.74) is 6.28. The Kier molecular flexibility index (Phi) is 6.54. The smallest absolute Gasteiger partial charge is 0.449 e.